The lowest BCUT2D eigenvalue weighted by Gasteiger charge is -2.00. The average Bonchev–Trinajstić information content (AvgIpc) is 3.05. The van der Waals surface area contributed by atoms with E-state index in [4.69, 9.17) is 5.73 Å². The van der Waals surface area contributed by atoms with E-state index in [1.165, 1.54) is 0 Å². The van der Waals surface area contributed by atoms with Crippen molar-refractivity contribution >= 4 is 24.6 Å². The van der Waals surface area contributed by atoms with Crippen LogP contribution >= 0.6 is 12.4 Å². The van der Waals surface area contributed by atoms with Crippen molar-refractivity contribution in [1.82, 2.24) is 9.97 Å². The quantitative estimate of drug-likeness (QED) is 0.728. The molecule has 2 aromatic heterocycles. The van der Waals surface area contributed by atoms with Crippen LogP contribution in [0, 0.1) is 11.3 Å². The highest BCUT2D eigenvalue weighted by molar-refractivity contribution is 5.85. The summed E-state index contributed by atoms with van der Waals surface area (Å²) in [5, 5.41) is 9.24. The van der Waals surface area contributed by atoms with Crippen LogP contribution in [0.4, 0.5) is 0 Å². The van der Waals surface area contributed by atoms with Gasteiger partial charge < -0.3 is 10.7 Å². The molecular weight excluding hydrogens is 332 g/mol. The van der Waals surface area contributed by atoms with E-state index in [-0.39, 0.29) is 12.4 Å². The molecule has 1 aromatic carbocycles. The van der Waals surface area contributed by atoms with Crippen molar-refractivity contribution in [2.24, 2.45) is 5.73 Å². The summed E-state index contributed by atoms with van der Waals surface area (Å²) in [4.78, 5) is 7.68. The Morgan fingerprint density at radius 2 is 1.92 bits per heavy atom. The standard InChI is InChI=1S/C20H18N4.ClH/c21-10-8-19-17(14-22)13-20(24-19)16-9-11-23-18(12-16)7-6-15-4-2-1-3-5-15;/h1-7,9,11-13,24H,8,10,21H2;1H. The van der Waals surface area contributed by atoms with Crippen molar-refractivity contribution in [3.63, 3.8) is 0 Å². The Morgan fingerprint density at radius 3 is 2.64 bits per heavy atom. The third-order valence-corrected chi connectivity index (χ3v) is 3.75. The molecule has 4 nitrogen and oxygen atoms in total. The lowest BCUT2D eigenvalue weighted by atomic mass is 10.1. The van der Waals surface area contributed by atoms with Crippen molar-refractivity contribution in [2.45, 2.75) is 6.42 Å². The number of rotatable bonds is 5. The number of nitrogens with one attached hydrogen (secondary N) is 1. The number of nitriles is 1. The highest BCUT2D eigenvalue weighted by Crippen LogP contribution is 2.23. The number of hydrogen-bond acceptors (Lipinski definition) is 3. The number of benzene rings is 1. The topological polar surface area (TPSA) is 78.5 Å². The molecule has 0 aliphatic heterocycles. The molecule has 25 heavy (non-hydrogen) atoms. The van der Waals surface area contributed by atoms with Crippen LogP contribution in [-0.4, -0.2) is 16.5 Å². The summed E-state index contributed by atoms with van der Waals surface area (Å²) in [6.45, 7) is 0.510. The molecule has 2 heterocycles. The number of nitrogens with two attached hydrogens (primary N) is 1. The van der Waals surface area contributed by atoms with E-state index in [1.807, 2.05) is 60.7 Å². The van der Waals surface area contributed by atoms with Crippen LogP contribution in [0.15, 0.2) is 54.7 Å². The van der Waals surface area contributed by atoms with Gasteiger partial charge in [-0.15, -0.1) is 12.4 Å². The third-order valence-electron chi connectivity index (χ3n) is 3.75. The Bertz CT molecular complexity index is 892. The highest BCUT2D eigenvalue weighted by Gasteiger charge is 2.09. The first-order valence-corrected chi connectivity index (χ1v) is 7.82. The molecule has 0 aliphatic carbocycles. The molecule has 0 saturated carbocycles. The van der Waals surface area contributed by atoms with Crippen LogP contribution in [0.2, 0.25) is 0 Å². The SMILES string of the molecule is Cl.N#Cc1cc(-c2ccnc(C=Cc3ccccc3)c2)[nH]c1CCN. The van der Waals surface area contributed by atoms with Gasteiger partial charge in [-0.3, -0.25) is 4.98 Å². The van der Waals surface area contributed by atoms with Gasteiger partial charge in [0, 0.05) is 29.6 Å². The van der Waals surface area contributed by atoms with Crippen LogP contribution in [0.5, 0.6) is 0 Å². The summed E-state index contributed by atoms with van der Waals surface area (Å²) in [5.41, 5.74) is 11.0. The maximum absolute atomic E-state index is 9.24. The molecule has 0 spiro atoms. The Balaban J connectivity index is 0.00000225. The number of pyridine rings is 1. The predicted octanol–water partition coefficient (Wildman–Crippen LogP) is 4.04. The van der Waals surface area contributed by atoms with Crippen LogP contribution in [-0.2, 0) is 6.42 Å². The van der Waals surface area contributed by atoms with Gasteiger partial charge in [-0.2, -0.15) is 5.26 Å². The molecule has 0 bridgehead atoms. The zero-order chi connectivity index (χ0) is 16.8. The van der Waals surface area contributed by atoms with Gasteiger partial charge in [-0.1, -0.05) is 36.4 Å². The monoisotopic (exact) mass is 350 g/mol. The van der Waals surface area contributed by atoms with Gasteiger partial charge in [0.25, 0.3) is 0 Å². The van der Waals surface area contributed by atoms with Crippen LogP contribution < -0.4 is 5.73 Å². The molecule has 3 rings (SSSR count). The summed E-state index contributed by atoms with van der Waals surface area (Å²) in [5.74, 6) is 0. The zero-order valence-electron chi connectivity index (χ0n) is 13.6. The van der Waals surface area contributed by atoms with E-state index in [2.05, 4.69) is 16.0 Å². The van der Waals surface area contributed by atoms with Gasteiger partial charge in [0.15, 0.2) is 0 Å². The Morgan fingerprint density at radius 1 is 1.12 bits per heavy atom. The lowest BCUT2D eigenvalue weighted by Crippen LogP contribution is -2.04. The largest absolute Gasteiger partial charge is 0.357 e. The molecule has 0 saturated heterocycles. The smallest absolute Gasteiger partial charge is 0.101 e. The third kappa shape index (κ3) is 4.57. The normalized spacial score (nSPS) is 10.4. The molecule has 0 fully saturated rings. The first-order chi connectivity index (χ1) is 11.8. The second-order valence-electron chi connectivity index (χ2n) is 5.44. The summed E-state index contributed by atoms with van der Waals surface area (Å²) in [6, 6.07) is 18.1. The number of nitrogens with zero attached hydrogens (tertiary/aromatic N) is 2. The van der Waals surface area contributed by atoms with Gasteiger partial charge in [-0.05, 0) is 36.4 Å². The first-order valence-electron chi connectivity index (χ1n) is 7.82. The van der Waals surface area contributed by atoms with Gasteiger partial charge in [0.1, 0.15) is 6.07 Å². The fourth-order valence-corrected chi connectivity index (χ4v) is 2.55. The average molecular weight is 351 g/mol. The van der Waals surface area contributed by atoms with Crippen molar-refractivity contribution in [3.8, 4) is 17.3 Å². The number of H-pyrrole nitrogens is 1. The minimum Gasteiger partial charge on any atom is -0.357 e. The Labute approximate surface area is 153 Å². The fourth-order valence-electron chi connectivity index (χ4n) is 2.55. The van der Waals surface area contributed by atoms with Crippen molar-refractivity contribution in [1.29, 1.82) is 5.26 Å². The van der Waals surface area contributed by atoms with Crippen molar-refractivity contribution in [3.05, 3.63) is 77.2 Å². The fraction of sp³-hybridized carbons (Fsp3) is 0.100. The maximum atomic E-state index is 9.24. The second-order valence-corrected chi connectivity index (χ2v) is 5.44. The summed E-state index contributed by atoms with van der Waals surface area (Å²) >= 11 is 0. The predicted molar refractivity (Wildman–Crippen MR) is 104 cm³/mol. The van der Waals surface area contributed by atoms with Crippen molar-refractivity contribution < 1.29 is 0 Å². The number of halogens is 1. The van der Waals surface area contributed by atoms with E-state index in [0.717, 1.165) is 28.2 Å². The maximum Gasteiger partial charge on any atom is 0.101 e. The zero-order valence-corrected chi connectivity index (χ0v) is 14.5. The van der Waals surface area contributed by atoms with Crippen LogP contribution in [0.1, 0.15) is 22.5 Å². The molecule has 0 radical (unpaired) electrons. The number of aromatic nitrogens is 2. The van der Waals surface area contributed by atoms with E-state index in [9.17, 15) is 5.26 Å². The lowest BCUT2D eigenvalue weighted by molar-refractivity contribution is 0.932. The molecule has 126 valence electrons. The minimum atomic E-state index is 0. The van der Waals surface area contributed by atoms with Gasteiger partial charge in [-0.25, -0.2) is 0 Å². The van der Waals surface area contributed by atoms with E-state index >= 15 is 0 Å². The van der Waals surface area contributed by atoms with Gasteiger partial charge in [0.05, 0.1) is 11.3 Å². The van der Waals surface area contributed by atoms with Crippen LogP contribution in [0.3, 0.4) is 0 Å². The molecular formula is C20H19ClN4. The summed E-state index contributed by atoms with van der Waals surface area (Å²) in [7, 11) is 0. The number of hydrogen-bond donors (Lipinski definition) is 2. The van der Waals surface area contributed by atoms with E-state index in [1.54, 1.807) is 6.20 Å². The molecule has 0 amide bonds. The first kappa shape index (κ1) is 18.5. The van der Waals surface area contributed by atoms with E-state index < -0.39 is 0 Å². The Hall–Kier alpha value is -2.87. The highest BCUT2D eigenvalue weighted by atomic mass is 35.5. The van der Waals surface area contributed by atoms with Gasteiger partial charge in [0.2, 0.25) is 0 Å². The summed E-state index contributed by atoms with van der Waals surface area (Å²) in [6.07, 6.45) is 6.44. The van der Waals surface area contributed by atoms with E-state index in [0.29, 0.717) is 18.5 Å². The second kappa shape index (κ2) is 8.84. The Kier molecular flexibility index (Phi) is 6.53. The minimum absolute atomic E-state index is 0. The molecule has 0 unspecified atom stereocenters. The van der Waals surface area contributed by atoms with Crippen molar-refractivity contribution in [2.75, 3.05) is 6.54 Å². The van der Waals surface area contributed by atoms with Gasteiger partial charge >= 0.3 is 0 Å². The molecule has 5 heteroatoms. The molecule has 0 aliphatic rings. The molecule has 3 aromatic rings. The molecule has 3 N–H and O–H groups in total. The molecule has 0 atom stereocenters. The van der Waals surface area contributed by atoms with Crippen LogP contribution in [0.25, 0.3) is 23.4 Å². The summed E-state index contributed by atoms with van der Waals surface area (Å²) < 4.78 is 0. The number of aromatic amines is 1.